The minimum atomic E-state index is -0.689. The minimum Gasteiger partial charge on any atom is -0.458 e. The first-order chi connectivity index (χ1) is 10.1. The molecule has 1 N–H and O–H groups in total. The van der Waals surface area contributed by atoms with Gasteiger partial charge in [0.1, 0.15) is 23.0 Å². The van der Waals surface area contributed by atoms with Gasteiger partial charge in [-0.2, -0.15) is 0 Å². The zero-order valence-corrected chi connectivity index (χ0v) is 12.7. The van der Waals surface area contributed by atoms with Crippen LogP contribution in [0, 0.1) is 11.6 Å². The molecule has 21 heavy (non-hydrogen) atoms. The number of benzene rings is 2. The van der Waals surface area contributed by atoms with E-state index in [4.69, 9.17) is 4.42 Å². The van der Waals surface area contributed by atoms with E-state index in [0.29, 0.717) is 11.3 Å². The molecule has 0 saturated heterocycles. The molecule has 3 rings (SSSR count). The maximum atomic E-state index is 14.0. The van der Waals surface area contributed by atoms with Crippen LogP contribution < -0.4 is 5.32 Å². The molecule has 1 atom stereocenters. The summed E-state index contributed by atoms with van der Waals surface area (Å²) in [6, 6.07) is 10.5. The molecule has 2 nitrogen and oxygen atoms in total. The van der Waals surface area contributed by atoms with Gasteiger partial charge in [0.25, 0.3) is 0 Å². The molecular formula is C16H12BrF2NO. The van der Waals surface area contributed by atoms with Crippen molar-refractivity contribution >= 4 is 26.9 Å². The second kappa shape index (κ2) is 5.58. The highest BCUT2D eigenvalue weighted by Crippen LogP contribution is 2.33. The third-order valence-corrected chi connectivity index (χ3v) is 4.00. The fourth-order valence-corrected chi connectivity index (χ4v) is 2.87. The summed E-state index contributed by atoms with van der Waals surface area (Å²) in [6.07, 6.45) is 0. The highest BCUT2D eigenvalue weighted by atomic mass is 79.9. The number of hydrogen-bond acceptors (Lipinski definition) is 2. The quantitative estimate of drug-likeness (QED) is 0.734. The lowest BCUT2D eigenvalue weighted by Crippen LogP contribution is -2.19. The number of fused-ring (bicyclic) bond motifs is 1. The Morgan fingerprint density at radius 1 is 1.10 bits per heavy atom. The molecule has 0 aliphatic carbocycles. The van der Waals surface area contributed by atoms with Crippen LogP contribution in [0.5, 0.6) is 0 Å². The van der Waals surface area contributed by atoms with E-state index >= 15 is 0 Å². The number of hydrogen-bond donors (Lipinski definition) is 1. The number of nitrogens with one attached hydrogen (secondary N) is 1. The van der Waals surface area contributed by atoms with Crippen LogP contribution in [-0.2, 0) is 0 Å². The Morgan fingerprint density at radius 3 is 2.38 bits per heavy atom. The molecule has 1 heterocycles. The molecule has 1 aromatic heterocycles. The highest BCUT2D eigenvalue weighted by Gasteiger charge is 2.24. The Morgan fingerprint density at radius 2 is 1.76 bits per heavy atom. The standard InChI is InChI=1S/C16H12BrF2NO/c1-20-15(14-11(18)6-3-7-12(14)19)13-8-9-4-2-5-10(17)16(9)21-13/h2-8,15,20H,1H3. The van der Waals surface area contributed by atoms with Gasteiger partial charge in [-0.25, -0.2) is 8.78 Å². The van der Waals surface area contributed by atoms with E-state index in [-0.39, 0.29) is 5.56 Å². The number of halogens is 3. The van der Waals surface area contributed by atoms with Gasteiger partial charge in [0.2, 0.25) is 0 Å². The summed E-state index contributed by atoms with van der Waals surface area (Å²) in [5.74, 6) is -0.744. The first-order valence-electron chi connectivity index (χ1n) is 6.41. The van der Waals surface area contributed by atoms with Crippen LogP contribution in [0.2, 0.25) is 0 Å². The van der Waals surface area contributed by atoms with Gasteiger partial charge in [-0.15, -0.1) is 0 Å². The van der Waals surface area contributed by atoms with Crippen LogP contribution in [0.25, 0.3) is 11.0 Å². The average molecular weight is 352 g/mol. The predicted molar refractivity (Wildman–Crippen MR) is 81.2 cm³/mol. The van der Waals surface area contributed by atoms with Gasteiger partial charge in [0.05, 0.1) is 10.5 Å². The molecule has 0 fully saturated rings. The van der Waals surface area contributed by atoms with Gasteiger partial charge >= 0.3 is 0 Å². The van der Waals surface area contributed by atoms with Crippen molar-refractivity contribution in [2.45, 2.75) is 6.04 Å². The molecule has 0 bridgehead atoms. The summed E-state index contributed by atoms with van der Waals surface area (Å²) in [4.78, 5) is 0. The highest BCUT2D eigenvalue weighted by molar-refractivity contribution is 9.10. The van der Waals surface area contributed by atoms with E-state index in [0.717, 1.165) is 9.86 Å². The van der Waals surface area contributed by atoms with Crippen molar-refractivity contribution in [1.29, 1.82) is 0 Å². The normalized spacial score (nSPS) is 12.8. The molecule has 0 amide bonds. The molecule has 3 aromatic rings. The predicted octanol–water partition coefficient (Wildman–Crippen LogP) is 4.78. The Balaban J connectivity index is 2.16. The zero-order valence-electron chi connectivity index (χ0n) is 11.2. The molecule has 1 unspecified atom stereocenters. The Kier molecular flexibility index (Phi) is 3.78. The van der Waals surface area contributed by atoms with Crippen molar-refractivity contribution in [3.63, 3.8) is 0 Å². The largest absolute Gasteiger partial charge is 0.458 e. The fraction of sp³-hybridized carbons (Fsp3) is 0.125. The fourth-order valence-electron chi connectivity index (χ4n) is 2.41. The van der Waals surface area contributed by atoms with Crippen LogP contribution in [-0.4, -0.2) is 7.05 Å². The molecule has 0 radical (unpaired) electrons. The van der Waals surface area contributed by atoms with Crippen LogP contribution >= 0.6 is 15.9 Å². The van der Waals surface area contributed by atoms with Gasteiger partial charge in [-0.3, -0.25) is 0 Å². The van der Waals surface area contributed by atoms with Crippen LogP contribution in [0.1, 0.15) is 17.4 Å². The third-order valence-electron chi connectivity index (χ3n) is 3.38. The zero-order chi connectivity index (χ0) is 15.0. The lowest BCUT2D eigenvalue weighted by atomic mass is 10.0. The summed E-state index contributed by atoms with van der Waals surface area (Å²) < 4.78 is 34.5. The van der Waals surface area contributed by atoms with Crippen molar-refractivity contribution in [3.8, 4) is 0 Å². The second-order valence-electron chi connectivity index (χ2n) is 4.66. The van der Waals surface area contributed by atoms with Crippen molar-refractivity contribution in [3.05, 3.63) is 69.9 Å². The van der Waals surface area contributed by atoms with Gasteiger partial charge in [0, 0.05) is 10.9 Å². The summed E-state index contributed by atoms with van der Waals surface area (Å²) in [7, 11) is 1.64. The monoisotopic (exact) mass is 351 g/mol. The van der Waals surface area contributed by atoms with Crippen LogP contribution in [0.3, 0.4) is 0 Å². The second-order valence-corrected chi connectivity index (χ2v) is 5.52. The molecular weight excluding hydrogens is 340 g/mol. The smallest absolute Gasteiger partial charge is 0.148 e. The summed E-state index contributed by atoms with van der Waals surface area (Å²) in [6.45, 7) is 0. The molecule has 0 saturated carbocycles. The number of furan rings is 1. The molecule has 0 spiro atoms. The van der Waals surface area contributed by atoms with Crippen molar-refractivity contribution in [2.24, 2.45) is 0 Å². The lowest BCUT2D eigenvalue weighted by molar-refractivity contribution is 0.456. The summed E-state index contributed by atoms with van der Waals surface area (Å²) in [5.41, 5.74) is 0.611. The molecule has 108 valence electrons. The third kappa shape index (κ3) is 2.47. The maximum Gasteiger partial charge on any atom is 0.148 e. The average Bonchev–Trinajstić information content (AvgIpc) is 2.88. The lowest BCUT2D eigenvalue weighted by Gasteiger charge is -2.15. The van der Waals surface area contributed by atoms with Gasteiger partial charge in [-0.1, -0.05) is 18.2 Å². The van der Waals surface area contributed by atoms with Gasteiger partial charge < -0.3 is 9.73 Å². The Hall–Kier alpha value is -1.72. The van der Waals surface area contributed by atoms with Crippen molar-refractivity contribution in [2.75, 3.05) is 7.05 Å². The summed E-state index contributed by atoms with van der Waals surface area (Å²) in [5, 5.41) is 3.78. The van der Waals surface area contributed by atoms with E-state index in [1.54, 1.807) is 13.1 Å². The maximum absolute atomic E-state index is 14.0. The van der Waals surface area contributed by atoms with E-state index < -0.39 is 17.7 Å². The first kappa shape index (κ1) is 14.2. The van der Waals surface area contributed by atoms with Crippen LogP contribution in [0.4, 0.5) is 8.78 Å². The van der Waals surface area contributed by atoms with E-state index in [9.17, 15) is 8.78 Å². The number of para-hydroxylation sites is 1. The molecule has 0 aliphatic rings. The molecule has 0 aliphatic heterocycles. The Labute approximate surface area is 128 Å². The van der Waals surface area contributed by atoms with E-state index in [2.05, 4.69) is 21.2 Å². The van der Waals surface area contributed by atoms with E-state index in [1.165, 1.54) is 18.2 Å². The first-order valence-corrected chi connectivity index (χ1v) is 7.20. The SMILES string of the molecule is CNC(c1cc2cccc(Br)c2o1)c1c(F)cccc1F. The Bertz CT molecular complexity index is 780. The summed E-state index contributed by atoms with van der Waals surface area (Å²) >= 11 is 3.40. The van der Waals surface area contributed by atoms with Gasteiger partial charge in [0.15, 0.2) is 0 Å². The van der Waals surface area contributed by atoms with Crippen LogP contribution in [0.15, 0.2) is 51.4 Å². The van der Waals surface area contributed by atoms with E-state index in [1.807, 2.05) is 18.2 Å². The van der Waals surface area contributed by atoms with Crippen molar-refractivity contribution in [1.82, 2.24) is 5.32 Å². The minimum absolute atomic E-state index is 0.0461. The van der Waals surface area contributed by atoms with Gasteiger partial charge in [-0.05, 0) is 47.2 Å². The van der Waals surface area contributed by atoms with Crippen molar-refractivity contribution < 1.29 is 13.2 Å². The molecule has 2 aromatic carbocycles. The topological polar surface area (TPSA) is 25.2 Å². The number of rotatable bonds is 3. The molecule has 5 heteroatoms.